The molecule has 10 aromatic carbocycles. The lowest BCUT2D eigenvalue weighted by Gasteiger charge is -2.19. The normalized spacial score (nSPS) is 20.2. The van der Waals surface area contributed by atoms with Crippen molar-refractivity contribution in [2.24, 2.45) is 0 Å². The minimum Gasteiger partial charge on any atom is -0.455 e. The summed E-state index contributed by atoms with van der Waals surface area (Å²) in [5.74, 6) is 0. The van der Waals surface area contributed by atoms with E-state index in [9.17, 15) is 15.1 Å². The Labute approximate surface area is 336 Å². The minimum absolute atomic E-state index is 0.413. The van der Waals surface area contributed by atoms with Crippen molar-refractivity contribution < 1.29 is 45.5 Å². The van der Waals surface area contributed by atoms with Gasteiger partial charge in [-0.05, 0) is 93.8 Å². The summed E-state index contributed by atoms with van der Waals surface area (Å²) in [6, 6.07) is -28.5. The quantitative estimate of drug-likeness (QED) is 0.170. The van der Waals surface area contributed by atoms with E-state index in [0.717, 1.165) is 0 Å². The Kier molecular flexibility index (Phi) is 2.50. The summed E-state index contributed by atoms with van der Waals surface area (Å²) in [6.45, 7) is 0. The first kappa shape index (κ1) is 11.7. The lowest BCUT2D eigenvalue weighted by molar-refractivity contribution is 0.670. The van der Waals surface area contributed by atoms with Crippen molar-refractivity contribution in [3.63, 3.8) is 0 Å². The molecule has 0 aliphatic heterocycles. The second-order valence-electron chi connectivity index (χ2n) is 11.3. The highest BCUT2D eigenvalue weighted by molar-refractivity contribution is 6.25. The molecule has 0 saturated carbocycles. The third-order valence-corrected chi connectivity index (χ3v) is 8.62. The van der Waals surface area contributed by atoms with E-state index in [1.165, 1.54) is 0 Å². The van der Waals surface area contributed by atoms with Gasteiger partial charge in [-0.25, -0.2) is 0 Å². The molecule has 11 aromatic rings. The maximum Gasteiger partial charge on any atom is 0.143 e. The van der Waals surface area contributed by atoms with Crippen LogP contribution in [0.2, 0.25) is 0 Å². The zero-order valence-electron chi connectivity index (χ0n) is 55.4. The second-order valence-corrected chi connectivity index (χ2v) is 11.3. The number of para-hydroxylation sites is 1. The van der Waals surface area contributed by atoms with Crippen LogP contribution in [-0.4, -0.2) is 0 Å². The van der Waals surface area contributed by atoms with Gasteiger partial charge in [0.05, 0.1) is 41.1 Å². The van der Waals surface area contributed by atoms with Crippen LogP contribution < -0.4 is 0 Å². The number of hydrogen-bond acceptors (Lipinski definition) is 1. The Morgan fingerprint density at radius 1 is 0.333 bits per heavy atom. The van der Waals surface area contributed by atoms with Gasteiger partial charge in [-0.2, -0.15) is 0 Å². The summed E-state index contributed by atoms with van der Waals surface area (Å²) in [4.78, 5) is 0. The standard InChI is InChI=1S/C50H30O/c1-3-16-35-31(12-1)14-10-23-38(35)48-41-20-7-5-18-39(41)47(40-19-6-8-21-42(40)48)34-27-26-33-15-9-22-37(45(33)30-34)43-24-11-25-44-49-36-17-4-2-13-32(36)28-29-46(49)51-50(43)44/h1-30H/i1D,2D,3D,4D,5D,6D,7D,8D,9D,10D,11D,12D,13D,14D,15D,16D,17D,18D,19D,20D,21D,22D,23D,24D,25D,26D,27D,28D,29D,30D. The fraction of sp³-hybridized carbons (Fsp3) is 0. The molecule has 0 amide bonds. The maximum atomic E-state index is 10.2. The molecule has 236 valence electrons. The average Bonchev–Trinajstić information content (AvgIpc) is 2.01. The Hall–Kier alpha value is -6.70. The smallest absolute Gasteiger partial charge is 0.143 e. The Morgan fingerprint density at radius 3 is 1.55 bits per heavy atom. The van der Waals surface area contributed by atoms with Crippen molar-refractivity contribution in [1.82, 2.24) is 0 Å². The molecule has 51 heavy (non-hydrogen) atoms. The zero-order valence-corrected chi connectivity index (χ0v) is 25.4. The first-order valence-corrected chi connectivity index (χ1v) is 15.2. The van der Waals surface area contributed by atoms with Crippen LogP contribution in [0.4, 0.5) is 0 Å². The van der Waals surface area contributed by atoms with Gasteiger partial charge in [0, 0.05) is 16.3 Å². The molecule has 0 radical (unpaired) electrons. The van der Waals surface area contributed by atoms with Gasteiger partial charge in [-0.1, -0.05) is 169 Å². The Morgan fingerprint density at radius 2 is 0.824 bits per heavy atom. The van der Waals surface area contributed by atoms with Crippen molar-refractivity contribution in [2.75, 3.05) is 0 Å². The number of rotatable bonds is 3. The van der Waals surface area contributed by atoms with Gasteiger partial charge >= 0.3 is 0 Å². The number of hydrogen-bond donors (Lipinski definition) is 0. The van der Waals surface area contributed by atoms with Crippen molar-refractivity contribution >= 4 is 75.8 Å². The number of benzene rings is 10. The molecule has 0 bridgehead atoms. The van der Waals surface area contributed by atoms with Crippen LogP contribution >= 0.6 is 0 Å². The van der Waals surface area contributed by atoms with Gasteiger partial charge < -0.3 is 4.42 Å². The largest absolute Gasteiger partial charge is 0.455 e. The number of fused-ring (bicyclic) bond motifs is 9. The van der Waals surface area contributed by atoms with E-state index in [4.69, 9.17) is 30.5 Å². The molecule has 0 aliphatic carbocycles. The van der Waals surface area contributed by atoms with Gasteiger partial charge in [-0.3, -0.25) is 0 Å². The molecule has 1 nitrogen and oxygen atoms in total. The van der Waals surface area contributed by atoms with E-state index < -0.39 is 290 Å². The van der Waals surface area contributed by atoms with Crippen LogP contribution in [-0.2, 0) is 0 Å². The third kappa shape index (κ3) is 4.16. The Balaban J connectivity index is 1.44. The lowest BCUT2D eigenvalue weighted by atomic mass is 9.84. The summed E-state index contributed by atoms with van der Waals surface area (Å²) in [7, 11) is 0. The third-order valence-electron chi connectivity index (χ3n) is 8.62. The van der Waals surface area contributed by atoms with E-state index in [2.05, 4.69) is 0 Å². The van der Waals surface area contributed by atoms with Gasteiger partial charge in [0.15, 0.2) is 0 Å². The van der Waals surface area contributed by atoms with Crippen LogP contribution in [0.5, 0.6) is 0 Å². The van der Waals surface area contributed by atoms with Gasteiger partial charge in [0.25, 0.3) is 0 Å². The first-order chi connectivity index (χ1) is 37.8. The molecule has 1 heteroatoms. The maximum absolute atomic E-state index is 10.2. The minimum atomic E-state index is -1.10. The van der Waals surface area contributed by atoms with Crippen LogP contribution in [0.25, 0.3) is 109 Å². The summed E-state index contributed by atoms with van der Waals surface area (Å²) >= 11 is 0. The topological polar surface area (TPSA) is 13.1 Å². The zero-order chi connectivity index (χ0) is 59.6. The van der Waals surface area contributed by atoms with Gasteiger partial charge in [-0.15, -0.1) is 0 Å². The van der Waals surface area contributed by atoms with E-state index in [1.807, 2.05) is 0 Å². The molecule has 0 atom stereocenters. The average molecular weight is 677 g/mol. The van der Waals surface area contributed by atoms with E-state index in [0.29, 0.717) is 0 Å². The Bertz CT molecular complexity index is 4840. The molecule has 0 N–H and O–H groups in total. The SMILES string of the molecule is [2H]c1c([2H])c([2H])c2c(oc3c([2H])c([2H])c4c([2H])c([2H])c([2H])c([2H])c4c32)c1-c1c([2H])c([2H])c([2H])c2c([2H])c([2H])c(-c3c4c([2H])c([2H])c([2H])c([2H])c4c(-c4c([2H])c([2H])c([2H])c5c([2H])c([2H])c([2H])c([2H])c45)c4c([2H])c([2H])c([2H])c([2H])c34)c([2H])c12. The van der Waals surface area contributed by atoms with Crippen LogP contribution in [0, 0.1) is 0 Å². The molecular weight excluding hydrogens is 617 g/mol. The van der Waals surface area contributed by atoms with Crippen molar-refractivity contribution in [1.29, 1.82) is 0 Å². The highest BCUT2D eigenvalue weighted by Gasteiger charge is 2.20. The van der Waals surface area contributed by atoms with E-state index >= 15 is 0 Å². The summed E-state index contributed by atoms with van der Waals surface area (Å²) in [5, 5.41) is -7.94. The molecule has 11 rings (SSSR count). The predicted molar refractivity (Wildman–Crippen MR) is 218 cm³/mol. The van der Waals surface area contributed by atoms with Crippen LogP contribution in [0.3, 0.4) is 0 Å². The van der Waals surface area contributed by atoms with Crippen molar-refractivity contribution in [2.45, 2.75) is 0 Å². The summed E-state index contributed by atoms with van der Waals surface area (Å²) < 4.78 is 279. The summed E-state index contributed by atoms with van der Waals surface area (Å²) in [6.07, 6.45) is 0. The van der Waals surface area contributed by atoms with Crippen LogP contribution in [0.1, 0.15) is 41.1 Å². The molecule has 0 saturated heterocycles. The fourth-order valence-corrected chi connectivity index (χ4v) is 6.50. The monoisotopic (exact) mass is 676 g/mol. The molecule has 1 aromatic heterocycles. The molecule has 0 aliphatic rings. The molecule has 1 heterocycles. The molecule has 0 unspecified atom stereocenters. The molecular formula is C50H30O. The number of furan rings is 1. The van der Waals surface area contributed by atoms with Gasteiger partial charge in [0.1, 0.15) is 11.2 Å². The summed E-state index contributed by atoms with van der Waals surface area (Å²) in [5.41, 5.74) is -6.09. The highest BCUT2D eigenvalue weighted by Crippen LogP contribution is 2.47. The first-order valence-electron chi connectivity index (χ1n) is 30.2. The second kappa shape index (κ2) is 10.9. The fourth-order valence-electron chi connectivity index (χ4n) is 6.50. The van der Waals surface area contributed by atoms with Crippen molar-refractivity contribution in [3.8, 4) is 33.4 Å². The van der Waals surface area contributed by atoms with Crippen LogP contribution in [0.15, 0.2) is 186 Å². The molecule has 0 fully saturated rings. The predicted octanol–water partition coefficient (Wildman–Crippen LogP) is 14.4. The van der Waals surface area contributed by atoms with Crippen molar-refractivity contribution in [3.05, 3.63) is 181 Å². The van der Waals surface area contributed by atoms with E-state index in [1.54, 1.807) is 0 Å². The van der Waals surface area contributed by atoms with Gasteiger partial charge in [0.2, 0.25) is 0 Å². The molecule has 0 spiro atoms. The van der Waals surface area contributed by atoms with E-state index in [-0.39, 0.29) is 0 Å². The lowest BCUT2D eigenvalue weighted by Crippen LogP contribution is -1.92. The highest BCUT2D eigenvalue weighted by atomic mass is 16.3.